The van der Waals surface area contributed by atoms with E-state index >= 15 is 0 Å². The van der Waals surface area contributed by atoms with Gasteiger partial charge in [0.15, 0.2) is 0 Å². The van der Waals surface area contributed by atoms with E-state index in [1.54, 1.807) is 12.4 Å². The van der Waals surface area contributed by atoms with Gasteiger partial charge in [-0.25, -0.2) is 0 Å². The largest absolute Gasteiger partial charge is 0.263 e. The van der Waals surface area contributed by atoms with Crippen LogP contribution in [0.2, 0.25) is 5.02 Å². The minimum atomic E-state index is 0.284. The highest BCUT2D eigenvalue weighted by Crippen LogP contribution is 2.26. The highest BCUT2D eigenvalue weighted by Gasteiger charge is 2.13. The van der Waals surface area contributed by atoms with E-state index in [4.69, 9.17) is 23.2 Å². The van der Waals surface area contributed by atoms with Crippen molar-refractivity contribution < 1.29 is 0 Å². The minimum Gasteiger partial charge on any atom is -0.263 e. The Kier molecular flexibility index (Phi) is 4.62. The third kappa shape index (κ3) is 3.24. The van der Waals surface area contributed by atoms with Crippen LogP contribution in [-0.2, 0) is 6.42 Å². The standard InChI is InChI=1S/C15H15Cl2N/c1-11-3-2-4-12(7-11)14(9-16)8-13-5-6-18-10-15(13)17/h2-7,10,14H,8-9H2,1H3. The summed E-state index contributed by atoms with van der Waals surface area (Å²) in [5, 5.41) is 0.709. The maximum atomic E-state index is 6.14. The fraction of sp³-hybridized carbons (Fsp3) is 0.267. The van der Waals surface area contributed by atoms with Crippen LogP contribution in [0.15, 0.2) is 42.7 Å². The van der Waals surface area contributed by atoms with Gasteiger partial charge in [0, 0.05) is 24.2 Å². The lowest BCUT2D eigenvalue weighted by molar-refractivity contribution is 0.764. The summed E-state index contributed by atoms with van der Waals surface area (Å²) in [6, 6.07) is 10.4. The normalized spacial score (nSPS) is 12.4. The van der Waals surface area contributed by atoms with Crippen molar-refractivity contribution in [3.8, 4) is 0 Å². The van der Waals surface area contributed by atoms with E-state index in [0.29, 0.717) is 10.9 Å². The second-order valence-corrected chi connectivity index (χ2v) is 5.15. The predicted molar refractivity (Wildman–Crippen MR) is 77.6 cm³/mol. The van der Waals surface area contributed by atoms with Gasteiger partial charge in [-0.1, -0.05) is 41.4 Å². The molecule has 94 valence electrons. The van der Waals surface area contributed by atoms with Crippen molar-refractivity contribution >= 4 is 23.2 Å². The van der Waals surface area contributed by atoms with E-state index in [1.807, 2.05) is 6.07 Å². The molecule has 0 amide bonds. The summed E-state index contributed by atoms with van der Waals surface area (Å²) in [7, 11) is 0. The second-order valence-electron chi connectivity index (χ2n) is 4.44. The Morgan fingerprint density at radius 1 is 1.28 bits per heavy atom. The zero-order chi connectivity index (χ0) is 13.0. The van der Waals surface area contributed by atoms with Gasteiger partial charge in [0.2, 0.25) is 0 Å². The van der Waals surface area contributed by atoms with E-state index in [1.165, 1.54) is 11.1 Å². The monoisotopic (exact) mass is 279 g/mol. The van der Waals surface area contributed by atoms with Crippen LogP contribution in [-0.4, -0.2) is 10.9 Å². The second kappa shape index (κ2) is 6.21. The number of alkyl halides is 1. The molecule has 0 saturated heterocycles. The molecule has 2 rings (SSSR count). The van der Waals surface area contributed by atoms with E-state index < -0.39 is 0 Å². The minimum absolute atomic E-state index is 0.284. The highest BCUT2D eigenvalue weighted by molar-refractivity contribution is 6.31. The Labute approximate surface area is 118 Å². The number of hydrogen-bond donors (Lipinski definition) is 0. The van der Waals surface area contributed by atoms with Gasteiger partial charge in [-0.15, -0.1) is 11.6 Å². The fourth-order valence-electron chi connectivity index (χ4n) is 2.02. The van der Waals surface area contributed by atoms with E-state index in [9.17, 15) is 0 Å². The molecule has 1 unspecified atom stereocenters. The first kappa shape index (κ1) is 13.4. The molecule has 0 N–H and O–H groups in total. The molecule has 1 atom stereocenters. The topological polar surface area (TPSA) is 12.9 Å². The van der Waals surface area contributed by atoms with Crippen LogP contribution in [0.5, 0.6) is 0 Å². The Balaban J connectivity index is 2.23. The molecule has 0 saturated carbocycles. The van der Waals surface area contributed by atoms with Gasteiger partial charge in [0.05, 0.1) is 5.02 Å². The highest BCUT2D eigenvalue weighted by atomic mass is 35.5. The molecule has 0 aliphatic rings. The zero-order valence-corrected chi connectivity index (χ0v) is 11.7. The zero-order valence-electron chi connectivity index (χ0n) is 10.2. The molecule has 18 heavy (non-hydrogen) atoms. The molecule has 0 aliphatic carbocycles. The number of hydrogen-bond acceptors (Lipinski definition) is 1. The number of benzene rings is 1. The lowest BCUT2D eigenvalue weighted by Gasteiger charge is -2.15. The van der Waals surface area contributed by atoms with Crippen LogP contribution in [0, 0.1) is 6.92 Å². The number of rotatable bonds is 4. The molecule has 2 aromatic rings. The van der Waals surface area contributed by atoms with Crippen molar-refractivity contribution in [1.82, 2.24) is 4.98 Å². The first-order chi connectivity index (χ1) is 8.70. The van der Waals surface area contributed by atoms with Crippen LogP contribution in [0.3, 0.4) is 0 Å². The smallest absolute Gasteiger partial charge is 0.0621 e. The van der Waals surface area contributed by atoms with Gasteiger partial charge < -0.3 is 0 Å². The van der Waals surface area contributed by atoms with Crippen LogP contribution < -0.4 is 0 Å². The van der Waals surface area contributed by atoms with Crippen molar-refractivity contribution in [2.45, 2.75) is 19.3 Å². The van der Waals surface area contributed by atoms with Crippen molar-refractivity contribution in [2.75, 3.05) is 5.88 Å². The summed E-state index contributed by atoms with van der Waals surface area (Å²) < 4.78 is 0. The van der Waals surface area contributed by atoms with Gasteiger partial charge in [-0.3, -0.25) is 4.98 Å². The maximum Gasteiger partial charge on any atom is 0.0621 e. The van der Waals surface area contributed by atoms with Crippen molar-refractivity contribution in [3.63, 3.8) is 0 Å². The molecule has 0 bridgehead atoms. The number of aromatic nitrogens is 1. The van der Waals surface area contributed by atoms with Gasteiger partial charge in [-0.2, -0.15) is 0 Å². The third-order valence-electron chi connectivity index (χ3n) is 3.02. The van der Waals surface area contributed by atoms with E-state index in [0.717, 1.165) is 12.0 Å². The number of halogens is 2. The molecule has 1 heterocycles. The van der Waals surface area contributed by atoms with Gasteiger partial charge in [-0.05, 0) is 30.5 Å². The lowest BCUT2D eigenvalue weighted by atomic mass is 9.93. The lowest BCUT2D eigenvalue weighted by Crippen LogP contribution is -2.05. The maximum absolute atomic E-state index is 6.14. The summed E-state index contributed by atoms with van der Waals surface area (Å²) >= 11 is 12.2. The number of nitrogens with zero attached hydrogens (tertiary/aromatic N) is 1. The molecule has 1 aromatic carbocycles. The molecule has 3 heteroatoms. The van der Waals surface area contributed by atoms with Crippen LogP contribution >= 0.6 is 23.2 Å². The molecule has 0 aliphatic heterocycles. The predicted octanol–water partition coefficient (Wildman–Crippen LogP) is 4.61. The first-order valence-corrected chi connectivity index (χ1v) is 6.83. The molecular formula is C15H15Cl2N. The SMILES string of the molecule is Cc1cccc(C(CCl)Cc2ccncc2Cl)c1. The van der Waals surface area contributed by atoms with Gasteiger partial charge in [0.1, 0.15) is 0 Å². The summed E-state index contributed by atoms with van der Waals surface area (Å²) in [4.78, 5) is 4.00. The average molecular weight is 280 g/mol. The number of aryl methyl sites for hydroxylation is 1. The van der Waals surface area contributed by atoms with Gasteiger partial charge in [0.25, 0.3) is 0 Å². The average Bonchev–Trinajstić information content (AvgIpc) is 2.38. The Morgan fingerprint density at radius 3 is 2.78 bits per heavy atom. The number of pyridine rings is 1. The fourth-order valence-corrected chi connectivity index (χ4v) is 2.50. The van der Waals surface area contributed by atoms with Crippen molar-refractivity contribution in [1.29, 1.82) is 0 Å². The third-order valence-corrected chi connectivity index (χ3v) is 3.74. The molecule has 0 radical (unpaired) electrons. The first-order valence-electron chi connectivity index (χ1n) is 5.91. The molecule has 1 nitrogen and oxygen atoms in total. The Hall–Kier alpha value is -1.05. The summed E-state index contributed by atoms with van der Waals surface area (Å²) in [5.41, 5.74) is 3.61. The van der Waals surface area contributed by atoms with Gasteiger partial charge >= 0.3 is 0 Å². The summed E-state index contributed by atoms with van der Waals surface area (Å²) in [6.45, 7) is 2.09. The molecule has 0 fully saturated rings. The van der Waals surface area contributed by atoms with E-state index in [-0.39, 0.29) is 5.92 Å². The van der Waals surface area contributed by atoms with E-state index in [2.05, 4.69) is 36.2 Å². The van der Waals surface area contributed by atoms with Crippen molar-refractivity contribution in [2.24, 2.45) is 0 Å². The summed E-state index contributed by atoms with van der Waals surface area (Å²) in [6.07, 6.45) is 4.29. The quantitative estimate of drug-likeness (QED) is 0.745. The van der Waals surface area contributed by atoms with Crippen molar-refractivity contribution in [3.05, 3.63) is 64.4 Å². The van der Waals surface area contributed by atoms with Crippen LogP contribution in [0.1, 0.15) is 22.6 Å². The van der Waals surface area contributed by atoms with Crippen LogP contribution in [0.4, 0.5) is 0 Å². The van der Waals surface area contributed by atoms with Crippen LogP contribution in [0.25, 0.3) is 0 Å². The summed E-state index contributed by atoms with van der Waals surface area (Å²) in [5.74, 6) is 0.869. The Bertz CT molecular complexity index is 525. The molecule has 1 aromatic heterocycles. The molecule has 0 spiro atoms. The Morgan fingerprint density at radius 2 is 2.11 bits per heavy atom. The molecular weight excluding hydrogens is 265 g/mol.